The van der Waals surface area contributed by atoms with Crippen molar-refractivity contribution in [2.45, 2.75) is 26.2 Å². The van der Waals surface area contributed by atoms with Crippen LogP contribution in [-0.2, 0) is 5.41 Å². The summed E-state index contributed by atoms with van der Waals surface area (Å²) in [5, 5.41) is 10.1. The highest BCUT2D eigenvalue weighted by atomic mass is 35.5. The molecule has 0 bridgehead atoms. The van der Waals surface area contributed by atoms with Gasteiger partial charge in [0.2, 0.25) is 0 Å². The first kappa shape index (κ1) is 11.2. The number of benzene rings is 1. The van der Waals surface area contributed by atoms with Gasteiger partial charge in [0, 0.05) is 11.6 Å². The summed E-state index contributed by atoms with van der Waals surface area (Å²) in [7, 11) is 1.56. The van der Waals surface area contributed by atoms with Crippen LogP contribution in [-0.4, -0.2) is 12.2 Å². The fourth-order valence-corrected chi connectivity index (χ4v) is 1.54. The van der Waals surface area contributed by atoms with Crippen LogP contribution in [0.15, 0.2) is 12.1 Å². The van der Waals surface area contributed by atoms with Gasteiger partial charge in [-0.3, -0.25) is 0 Å². The Hall–Kier alpha value is -0.890. The van der Waals surface area contributed by atoms with Gasteiger partial charge in [-0.2, -0.15) is 0 Å². The van der Waals surface area contributed by atoms with Gasteiger partial charge < -0.3 is 9.84 Å². The molecule has 0 aliphatic carbocycles. The SMILES string of the molecule is COc1cc(C(C)(C)C)c(O)cc1Cl. The molecule has 0 heterocycles. The molecule has 2 nitrogen and oxygen atoms in total. The van der Waals surface area contributed by atoms with Gasteiger partial charge in [-0.15, -0.1) is 0 Å². The zero-order chi connectivity index (χ0) is 10.9. The van der Waals surface area contributed by atoms with E-state index < -0.39 is 0 Å². The lowest BCUT2D eigenvalue weighted by molar-refractivity contribution is 0.406. The van der Waals surface area contributed by atoms with Crippen LogP contribution >= 0.6 is 11.6 Å². The van der Waals surface area contributed by atoms with Crippen LogP contribution in [0.4, 0.5) is 0 Å². The molecular weight excluding hydrogens is 200 g/mol. The van der Waals surface area contributed by atoms with Gasteiger partial charge in [0.05, 0.1) is 12.1 Å². The highest BCUT2D eigenvalue weighted by Gasteiger charge is 2.20. The van der Waals surface area contributed by atoms with Gasteiger partial charge >= 0.3 is 0 Å². The lowest BCUT2D eigenvalue weighted by Gasteiger charge is -2.21. The summed E-state index contributed by atoms with van der Waals surface area (Å²) in [6.07, 6.45) is 0. The van der Waals surface area contributed by atoms with E-state index in [1.807, 2.05) is 20.8 Å². The number of phenols is 1. The molecule has 1 rings (SSSR count). The van der Waals surface area contributed by atoms with Crippen molar-refractivity contribution in [2.75, 3.05) is 7.11 Å². The molecule has 0 aliphatic rings. The molecule has 1 aromatic rings. The second-order valence-corrected chi connectivity index (χ2v) is 4.66. The normalized spacial score (nSPS) is 11.5. The zero-order valence-electron chi connectivity index (χ0n) is 8.89. The summed E-state index contributed by atoms with van der Waals surface area (Å²) >= 11 is 5.87. The summed E-state index contributed by atoms with van der Waals surface area (Å²) in [5.41, 5.74) is 0.709. The molecule has 0 unspecified atom stereocenters. The number of ether oxygens (including phenoxy) is 1. The summed E-state index contributed by atoms with van der Waals surface area (Å²) in [6.45, 7) is 6.07. The Morgan fingerprint density at radius 1 is 1.29 bits per heavy atom. The summed E-state index contributed by atoms with van der Waals surface area (Å²) < 4.78 is 5.09. The smallest absolute Gasteiger partial charge is 0.138 e. The molecule has 1 aromatic carbocycles. The Bertz CT molecular complexity index is 340. The minimum absolute atomic E-state index is 0.123. The van der Waals surface area contributed by atoms with E-state index in [-0.39, 0.29) is 11.2 Å². The molecule has 0 radical (unpaired) electrons. The van der Waals surface area contributed by atoms with E-state index in [2.05, 4.69) is 0 Å². The van der Waals surface area contributed by atoms with E-state index in [1.54, 1.807) is 13.2 Å². The molecule has 14 heavy (non-hydrogen) atoms. The maximum atomic E-state index is 9.71. The minimum atomic E-state index is -0.123. The van der Waals surface area contributed by atoms with Crippen molar-refractivity contribution in [1.29, 1.82) is 0 Å². The summed E-state index contributed by atoms with van der Waals surface area (Å²) in [6, 6.07) is 3.29. The first-order valence-corrected chi connectivity index (χ1v) is 4.81. The highest BCUT2D eigenvalue weighted by molar-refractivity contribution is 6.32. The van der Waals surface area contributed by atoms with Gasteiger partial charge in [0.15, 0.2) is 0 Å². The van der Waals surface area contributed by atoms with Gasteiger partial charge in [0.25, 0.3) is 0 Å². The van der Waals surface area contributed by atoms with Crippen LogP contribution in [0.5, 0.6) is 11.5 Å². The lowest BCUT2D eigenvalue weighted by atomic mass is 9.86. The highest BCUT2D eigenvalue weighted by Crippen LogP contribution is 2.37. The Kier molecular flexibility index (Phi) is 2.95. The maximum absolute atomic E-state index is 9.71. The number of rotatable bonds is 1. The third-order valence-electron chi connectivity index (χ3n) is 2.08. The van der Waals surface area contributed by atoms with Crippen molar-refractivity contribution < 1.29 is 9.84 Å². The molecule has 0 spiro atoms. The minimum Gasteiger partial charge on any atom is -0.508 e. The van der Waals surface area contributed by atoms with Crippen molar-refractivity contribution in [3.05, 3.63) is 22.7 Å². The second kappa shape index (κ2) is 3.70. The topological polar surface area (TPSA) is 29.5 Å². The summed E-state index contributed by atoms with van der Waals surface area (Å²) in [4.78, 5) is 0. The molecule has 0 saturated heterocycles. The van der Waals surface area contributed by atoms with Crippen molar-refractivity contribution in [1.82, 2.24) is 0 Å². The molecule has 0 aromatic heterocycles. The molecular formula is C11H15ClO2. The molecule has 78 valence electrons. The monoisotopic (exact) mass is 214 g/mol. The van der Waals surface area contributed by atoms with Gasteiger partial charge in [-0.1, -0.05) is 32.4 Å². The Morgan fingerprint density at radius 2 is 1.86 bits per heavy atom. The number of hydrogen-bond acceptors (Lipinski definition) is 2. The molecule has 0 fully saturated rings. The van der Waals surface area contributed by atoms with Crippen LogP contribution in [0.2, 0.25) is 5.02 Å². The van der Waals surface area contributed by atoms with Crippen molar-refractivity contribution >= 4 is 11.6 Å². The standard InChI is InChI=1S/C11H15ClO2/c1-11(2,3)7-5-10(14-4)8(12)6-9(7)13/h5-6,13H,1-4H3. The predicted molar refractivity (Wildman–Crippen MR) is 58.4 cm³/mol. The number of methoxy groups -OCH3 is 1. The van der Waals surface area contributed by atoms with E-state index in [0.717, 1.165) is 5.56 Å². The third-order valence-corrected chi connectivity index (χ3v) is 2.37. The number of halogens is 1. The fraction of sp³-hybridized carbons (Fsp3) is 0.455. The molecule has 0 saturated carbocycles. The van der Waals surface area contributed by atoms with Crippen LogP contribution in [0, 0.1) is 0 Å². The molecule has 0 amide bonds. The zero-order valence-corrected chi connectivity index (χ0v) is 9.64. The average molecular weight is 215 g/mol. The van der Waals surface area contributed by atoms with Crippen LogP contribution in [0.25, 0.3) is 0 Å². The number of phenolic OH excluding ortho intramolecular Hbond substituents is 1. The van der Waals surface area contributed by atoms with E-state index in [4.69, 9.17) is 16.3 Å². The Balaban J connectivity index is 3.32. The molecule has 1 N–H and O–H groups in total. The maximum Gasteiger partial charge on any atom is 0.138 e. The van der Waals surface area contributed by atoms with E-state index in [9.17, 15) is 5.11 Å². The van der Waals surface area contributed by atoms with Crippen molar-refractivity contribution in [2.24, 2.45) is 0 Å². The first-order chi connectivity index (χ1) is 6.36. The molecule has 0 aliphatic heterocycles. The predicted octanol–water partition coefficient (Wildman–Crippen LogP) is 3.35. The van der Waals surface area contributed by atoms with Crippen LogP contribution in [0.3, 0.4) is 0 Å². The van der Waals surface area contributed by atoms with Crippen molar-refractivity contribution in [3.8, 4) is 11.5 Å². The molecule has 0 atom stereocenters. The lowest BCUT2D eigenvalue weighted by Crippen LogP contribution is -2.11. The van der Waals surface area contributed by atoms with Gasteiger partial charge in [0.1, 0.15) is 11.5 Å². The van der Waals surface area contributed by atoms with Crippen LogP contribution < -0.4 is 4.74 Å². The van der Waals surface area contributed by atoms with Crippen molar-refractivity contribution in [3.63, 3.8) is 0 Å². The molecule has 3 heteroatoms. The largest absolute Gasteiger partial charge is 0.508 e. The van der Waals surface area contributed by atoms with Gasteiger partial charge in [-0.25, -0.2) is 0 Å². The van der Waals surface area contributed by atoms with Crippen LogP contribution in [0.1, 0.15) is 26.3 Å². The Labute approximate surface area is 89.5 Å². The van der Waals surface area contributed by atoms with E-state index in [1.165, 1.54) is 6.07 Å². The average Bonchev–Trinajstić information content (AvgIpc) is 2.02. The fourth-order valence-electron chi connectivity index (χ4n) is 1.30. The Morgan fingerprint density at radius 3 is 2.29 bits per heavy atom. The number of aromatic hydroxyl groups is 1. The van der Waals surface area contributed by atoms with E-state index in [0.29, 0.717) is 10.8 Å². The quantitative estimate of drug-likeness (QED) is 0.777. The van der Waals surface area contributed by atoms with E-state index >= 15 is 0 Å². The summed E-state index contributed by atoms with van der Waals surface area (Å²) in [5.74, 6) is 0.803. The van der Waals surface area contributed by atoms with Gasteiger partial charge in [-0.05, 0) is 11.5 Å². The third kappa shape index (κ3) is 2.13. The first-order valence-electron chi connectivity index (χ1n) is 4.43. The second-order valence-electron chi connectivity index (χ2n) is 4.25. The number of hydrogen-bond donors (Lipinski definition) is 1.